The van der Waals surface area contributed by atoms with Gasteiger partial charge in [0.15, 0.2) is 5.43 Å². The van der Waals surface area contributed by atoms with E-state index in [4.69, 9.17) is 9.97 Å². The molecular formula is C27H14N2OS3. The van der Waals surface area contributed by atoms with Gasteiger partial charge in [-0.3, -0.25) is 4.79 Å². The molecule has 7 rings (SSSR count). The molecule has 7 aromatic rings. The van der Waals surface area contributed by atoms with E-state index in [9.17, 15) is 4.79 Å². The Morgan fingerprint density at radius 3 is 1.48 bits per heavy atom. The Morgan fingerprint density at radius 2 is 1.00 bits per heavy atom. The molecule has 6 heteroatoms. The van der Waals surface area contributed by atoms with Gasteiger partial charge in [-0.05, 0) is 48.5 Å². The summed E-state index contributed by atoms with van der Waals surface area (Å²) in [7, 11) is 0. The second-order valence-electron chi connectivity index (χ2n) is 7.83. The van der Waals surface area contributed by atoms with Crippen LogP contribution in [0.4, 0.5) is 0 Å². The maximum Gasteiger partial charge on any atom is 0.195 e. The zero-order valence-electron chi connectivity index (χ0n) is 17.1. The Kier molecular flexibility index (Phi) is 4.21. The summed E-state index contributed by atoms with van der Waals surface area (Å²) in [5.41, 5.74) is 4.00. The Morgan fingerprint density at radius 1 is 0.515 bits per heavy atom. The Hall–Kier alpha value is -3.45. The van der Waals surface area contributed by atoms with Gasteiger partial charge >= 0.3 is 0 Å². The molecule has 0 fully saturated rings. The van der Waals surface area contributed by atoms with Crippen molar-refractivity contribution in [3.63, 3.8) is 0 Å². The SMILES string of the molecule is O=c1c2cc(-c3nc4ccccc4s3)ccc2sc2ccc(-c3nc4ccccc4s3)cc12. The van der Waals surface area contributed by atoms with Gasteiger partial charge in [-0.1, -0.05) is 36.4 Å². The molecule has 3 aromatic heterocycles. The first-order chi connectivity index (χ1) is 16.2. The summed E-state index contributed by atoms with van der Waals surface area (Å²) in [6, 6.07) is 28.5. The summed E-state index contributed by atoms with van der Waals surface area (Å²) in [6.45, 7) is 0. The van der Waals surface area contributed by atoms with Crippen LogP contribution >= 0.6 is 34.0 Å². The lowest BCUT2D eigenvalue weighted by molar-refractivity contribution is 1.48. The maximum atomic E-state index is 13.6. The summed E-state index contributed by atoms with van der Waals surface area (Å²) in [5, 5.41) is 3.35. The lowest BCUT2D eigenvalue weighted by atomic mass is 10.1. The number of benzene rings is 4. The van der Waals surface area contributed by atoms with Crippen molar-refractivity contribution in [2.75, 3.05) is 0 Å². The molecule has 0 aliphatic rings. The number of rotatable bonds is 2. The predicted molar refractivity (Wildman–Crippen MR) is 143 cm³/mol. The topological polar surface area (TPSA) is 42.9 Å². The largest absolute Gasteiger partial charge is 0.289 e. The van der Waals surface area contributed by atoms with E-state index in [1.807, 2.05) is 60.7 Å². The fourth-order valence-electron chi connectivity index (χ4n) is 4.11. The van der Waals surface area contributed by atoms with E-state index in [1.54, 1.807) is 34.0 Å². The van der Waals surface area contributed by atoms with Crippen molar-refractivity contribution in [1.29, 1.82) is 0 Å². The van der Waals surface area contributed by atoms with Gasteiger partial charge in [0.1, 0.15) is 10.0 Å². The van der Waals surface area contributed by atoms with Gasteiger partial charge in [0.25, 0.3) is 0 Å². The Bertz CT molecular complexity index is 1710. The lowest BCUT2D eigenvalue weighted by Crippen LogP contribution is -2.01. The summed E-state index contributed by atoms with van der Waals surface area (Å²) >= 11 is 4.96. The minimum atomic E-state index is 0.0599. The first-order valence-corrected chi connectivity index (χ1v) is 12.9. The van der Waals surface area contributed by atoms with Crippen molar-refractivity contribution in [3.8, 4) is 21.1 Å². The van der Waals surface area contributed by atoms with Crippen molar-refractivity contribution in [2.24, 2.45) is 0 Å². The van der Waals surface area contributed by atoms with Crippen molar-refractivity contribution >= 4 is 74.6 Å². The molecule has 0 unspecified atom stereocenters. The third kappa shape index (κ3) is 3.10. The van der Waals surface area contributed by atoms with Gasteiger partial charge in [0.05, 0.1) is 20.4 Å². The van der Waals surface area contributed by atoms with Crippen LogP contribution in [-0.2, 0) is 0 Å². The van der Waals surface area contributed by atoms with Crippen LogP contribution in [0.3, 0.4) is 0 Å². The molecule has 0 amide bonds. The van der Waals surface area contributed by atoms with E-state index >= 15 is 0 Å². The molecular weight excluding hydrogens is 465 g/mol. The highest BCUT2D eigenvalue weighted by molar-refractivity contribution is 7.24. The fourth-order valence-corrected chi connectivity index (χ4v) is 7.07. The third-order valence-corrected chi connectivity index (χ3v) is 9.07. The summed E-state index contributed by atoms with van der Waals surface area (Å²) in [5.74, 6) is 0. The van der Waals surface area contributed by atoms with Crippen LogP contribution in [0, 0.1) is 0 Å². The highest BCUT2D eigenvalue weighted by Crippen LogP contribution is 2.35. The van der Waals surface area contributed by atoms with Crippen LogP contribution in [0.15, 0.2) is 89.7 Å². The van der Waals surface area contributed by atoms with Crippen LogP contribution in [0.25, 0.3) is 61.7 Å². The van der Waals surface area contributed by atoms with Gasteiger partial charge in [-0.15, -0.1) is 34.0 Å². The molecule has 0 aliphatic carbocycles. The lowest BCUT2D eigenvalue weighted by Gasteiger charge is -2.04. The number of hydrogen-bond acceptors (Lipinski definition) is 6. The van der Waals surface area contributed by atoms with Crippen molar-refractivity contribution in [1.82, 2.24) is 9.97 Å². The summed E-state index contributed by atoms with van der Waals surface area (Å²) < 4.78 is 4.28. The second-order valence-corrected chi connectivity index (χ2v) is 11.0. The van der Waals surface area contributed by atoms with Gasteiger partial charge in [0, 0.05) is 31.3 Å². The van der Waals surface area contributed by atoms with Crippen LogP contribution in [0.2, 0.25) is 0 Å². The minimum Gasteiger partial charge on any atom is -0.289 e. The smallest absolute Gasteiger partial charge is 0.195 e. The minimum absolute atomic E-state index is 0.0599. The number of fused-ring (bicyclic) bond motifs is 4. The summed E-state index contributed by atoms with van der Waals surface area (Å²) in [4.78, 5) is 23.1. The third-order valence-electron chi connectivity index (χ3n) is 5.75. The molecule has 0 saturated heterocycles. The molecule has 156 valence electrons. The van der Waals surface area contributed by atoms with E-state index in [1.165, 1.54) is 0 Å². The van der Waals surface area contributed by atoms with Crippen LogP contribution in [0.1, 0.15) is 0 Å². The van der Waals surface area contributed by atoms with Crippen LogP contribution < -0.4 is 5.43 Å². The molecule has 0 radical (unpaired) electrons. The van der Waals surface area contributed by atoms with Crippen LogP contribution in [0.5, 0.6) is 0 Å². The van der Waals surface area contributed by atoms with Crippen molar-refractivity contribution in [3.05, 3.63) is 95.2 Å². The van der Waals surface area contributed by atoms with E-state index in [0.717, 1.165) is 61.7 Å². The highest BCUT2D eigenvalue weighted by atomic mass is 32.1. The van der Waals surface area contributed by atoms with E-state index < -0.39 is 0 Å². The molecule has 0 N–H and O–H groups in total. The van der Waals surface area contributed by atoms with Crippen molar-refractivity contribution < 1.29 is 0 Å². The standard InChI is InChI=1S/C27H14N2OS3/c30-25-17-13-15(26-28-19-5-1-3-7-23(19)32-26)9-11-21(17)31-22-12-10-16(14-18(22)25)27-29-20-6-2-4-8-24(20)33-27/h1-14H. The average molecular weight is 479 g/mol. The normalized spacial score (nSPS) is 11.8. The zero-order chi connectivity index (χ0) is 21.9. The van der Waals surface area contributed by atoms with E-state index in [-0.39, 0.29) is 5.43 Å². The van der Waals surface area contributed by atoms with E-state index in [0.29, 0.717) is 0 Å². The fraction of sp³-hybridized carbons (Fsp3) is 0. The van der Waals surface area contributed by atoms with Gasteiger partial charge < -0.3 is 0 Å². The molecule has 3 heterocycles. The van der Waals surface area contributed by atoms with E-state index in [2.05, 4.69) is 24.3 Å². The number of aromatic nitrogens is 2. The molecule has 3 nitrogen and oxygen atoms in total. The molecule has 0 saturated carbocycles. The number of para-hydroxylation sites is 2. The number of hydrogen-bond donors (Lipinski definition) is 0. The monoisotopic (exact) mass is 478 g/mol. The van der Waals surface area contributed by atoms with Crippen LogP contribution in [-0.4, -0.2) is 9.97 Å². The molecule has 4 aromatic carbocycles. The van der Waals surface area contributed by atoms with Gasteiger partial charge in [-0.2, -0.15) is 0 Å². The molecule has 33 heavy (non-hydrogen) atoms. The first kappa shape index (κ1) is 19.1. The second kappa shape index (κ2) is 7.28. The molecule has 0 spiro atoms. The molecule has 0 aliphatic heterocycles. The number of nitrogens with zero attached hydrogens (tertiary/aromatic N) is 2. The Labute approximate surface area is 200 Å². The van der Waals surface area contributed by atoms with Gasteiger partial charge in [0.2, 0.25) is 0 Å². The molecule has 0 atom stereocenters. The molecule has 0 bridgehead atoms. The first-order valence-electron chi connectivity index (χ1n) is 10.5. The average Bonchev–Trinajstić information content (AvgIpc) is 3.48. The number of thiazole rings is 2. The summed E-state index contributed by atoms with van der Waals surface area (Å²) in [6.07, 6.45) is 0. The Balaban J connectivity index is 1.41. The van der Waals surface area contributed by atoms with Crippen molar-refractivity contribution in [2.45, 2.75) is 0 Å². The van der Waals surface area contributed by atoms with Gasteiger partial charge in [-0.25, -0.2) is 9.97 Å². The predicted octanol–water partition coefficient (Wildman–Crippen LogP) is 7.97. The maximum absolute atomic E-state index is 13.6. The highest BCUT2D eigenvalue weighted by Gasteiger charge is 2.13. The zero-order valence-corrected chi connectivity index (χ0v) is 19.6. The quantitative estimate of drug-likeness (QED) is 0.237.